The molecular weight excluding hydrogens is 280 g/mol. The minimum Gasteiger partial charge on any atom is -0.366 e. The van der Waals surface area contributed by atoms with Gasteiger partial charge in [-0.15, -0.1) is 5.10 Å². The lowest BCUT2D eigenvalue weighted by molar-refractivity contribution is 0.976. The summed E-state index contributed by atoms with van der Waals surface area (Å²) in [5, 5.41) is 4.18. The van der Waals surface area contributed by atoms with Crippen molar-refractivity contribution in [3.8, 4) is 11.3 Å². The highest BCUT2D eigenvalue weighted by Crippen LogP contribution is 2.22. The number of rotatable bonds is 1. The zero-order valence-corrected chi connectivity index (χ0v) is 10.4. The van der Waals surface area contributed by atoms with Crippen LogP contribution in [0.2, 0.25) is 0 Å². The molecule has 1 aromatic carbocycles. The molecule has 3 aromatic rings. The van der Waals surface area contributed by atoms with E-state index in [0.717, 1.165) is 21.4 Å². The van der Waals surface area contributed by atoms with E-state index in [0.29, 0.717) is 0 Å². The first-order chi connectivity index (χ1) is 8.24. The smallest absolute Gasteiger partial charge is 0.240 e. The minimum atomic E-state index is 0.287. The monoisotopic (exact) mass is 288 g/mol. The third kappa shape index (κ3) is 1.78. The van der Waals surface area contributed by atoms with Crippen LogP contribution in [0.25, 0.3) is 16.9 Å². The van der Waals surface area contributed by atoms with E-state index in [1.54, 1.807) is 4.52 Å². The second-order valence-corrected chi connectivity index (χ2v) is 4.57. The third-order valence-electron chi connectivity index (χ3n) is 2.52. The molecule has 0 spiro atoms. The van der Waals surface area contributed by atoms with Crippen LogP contribution in [-0.2, 0) is 0 Å². The number of halogens is 1. The average Bonchev–Trinajstić information content (AvgIpc) is 2.70. The van der Waals surface area contributed by atoms with Gasteiger partial charge in [0.05, 0.1) is 5.69 Å². The maximum absolute atomic E-state index is 5.61. The van der Waals surface area contributed by atoms with E-state index in [9.17, 15) is 0 Å². The molecule has 0 aliphatic heterocycles. The van der Waals surface area contributed by atoms with Crippen LogP contribution < -0.4 is 5.73 Å². The van der Waals surface area contributed by atoms with Gasteiger partial charge >= 0.3 is 0 Å². The summed E-state index contributed by atoms with van der Waals surface area (Å²) >= 11 is 3.42. The third-order valence-corrected chi connectivity index (χ3v) is 3.04. The molecule has 0 fully saturated rings. The van der Waals surface area contributed by atoms with Crippen molar-refractivity contribution in [1.82, 2.24) is 14.6 Å². The number of benzene rings is 1. The molecule has 4 nitrogen and oxygen atoms in total. The molecule has 0 aliphatic rings. The van der Waals surface area contributed by atoms with Gasteiger partial charge in [0, 0.05) is 10.0 Å². The lowest BCUT2D eigenvalue weighted by Gasteiger charge is -2.03. The Bertz CT molecular complexity index is 673. The number of anilines is 1. The van der Waals surface area contributed by atoms with Crippen molar-refractivity contribution >= 4 is 27.5 Å². The molecule has 2 aromatic heterocycles. The highest BCUT2D eigenvalue weighted by atomic mass is 79.9. The maximum atomic E-state index is 5.61. The summed E-state index contributed by atoms with van der Waals surface area (Å²) in [6, 6.07) is 13.9. The standard InChI is InChI=1S/C12H9BrN4/c13-9-6-4-8(5-7-9)10-2-1-3-11-15-12(14)16-17(10)11/h1-7H,(H2,14,16). The summed E-state index contributed by atoms with van der Waals surface area (Å²) in [7, 11) is 0. The van der Waals surface area contributed by atoms with Crippen molar-refractivity contribution in [2.45, 2.75) is 0 Å². The molecule has 0 bridgehead atoms. The Morgan fingerprint density at radius 2 is 1.82 bits per heavy atom. The molecule has 0 saturated heterocycles. The number of pyridine rings is 1. The number of nitrogen functional groups attached to an aromatic ring is 1. The Labute approximate surface area is 106 Å². The van der Waals surface area contributed by atoms with Crippen LogP contribution in [-0.4, -0.2) is 14.6 Å². The van der Waals surface area contributed by atoms with Gasteiger partial charge in [-0.25, -0.2) is 4.52 Å². The molecule has 17 heavy (non-hydrogen) atoms. The van der Waals surface area contributed by atoms with Crippen molar-refractivity contribution < 1.29 is 0 Å². The van der Waals surface area contributed by atoms with Crippen molar-refractivity contribution in [1.29, 1.82) is 0 Å². The fourth-order valence-electron chi connectivity index (χ4n) is 1.76. The second kappa shape index (κ2) is 3.85. The highest BCUT2D eigenvalue weighted by molar-refractivity contribution is 9.10. The SMILES string of the molecule is Nc1nc2cccc(-c3ccc(Br)cc3)n2n1. The van der Waals surface area contributed by atoms with Crippen LogP contribution in [0.3, 0.4) is 0 Å². The van der Waals surface area contributed by atoms with Gasteiger partial charge in [-0.2, -0.15) is 4.98 Å². The molecule has 0 saturated carbocycles. The molecule has 0 unspecified atom stereocenters. The predicted octanol–water partition coefficient (Wildman–Crippen LogP) is 2.74. The molecule has 0 atom stereocenters. The number of nitrogens with two attached hydrogens (primary N) is 1. The molecular formula is C12H9BrN4. The largest absolute Gasteiger partial charge is 0.366 e. The summed E-state index contributed by atoms with van der Waals surface area (Å²) in [5.41, 5.74) is 8.41. The van der Waals surface area contributed by atoms with Crippen LogP contribution in [0.15, 0.2) is 46.9 Å². The molecule has 2 N–H and O–H groups in total. The van der Waals surface area contributed by atoms with Gasteiger partial charge in [-0.1, -0.05) is 34.1 Å². The first kappa shape index (κ1) is 10.3. The normalized spacial score (nSPS) is 10.9. The summed E-state index contributed by atoms with van der Waals surface area (Å²) < 4.78 is 2.80. The van der Waals surface area contributed by atoms with E-state index in [2.05, 4.69) is 26.0 Å². The van der Waals surface area contributed by atoms with Crippen LogP contribution >= 0.6 is 15.9 Å². The first-order valence-corrected chi connectivity index (χ1v) is 5.90. The lowest BCUT2D eigenvalue weighted by atomic mass is 10.1. The summed E-state index contributed by atoms with van der Waals surface area (Å²) in [5.74, 6) is 0.287. The minimum absolute atomic E-state index is 0.287. The molecule has 0 aliphatic carbocycles. The van der Waals surface area contributed by atoms with Gasteiger partial charge in [0.25, 0.3) is 0 Å². The average molecular weight is 289 g/mol. The van der Waals surface area contributed by atoms with Crippen molar-refractivity contribution in [3.05, 3.63) is 46.9 Å². The second-order valence-electron chi connectivity index (χ2n) is 3.66. The van der Waals surface area contributed by atoms with Gasteiger partial charge in [0.15, 0.2) is 5.65 Å². The predicted molar refractivity (Wildman–Crippen MR) is 70.5 cm³/mol. The van der Waals surface area contributed by atoms with E-state index >= 15 is 0 Å². The van der Waals surface area contributed by atoms with Gasteiger partial charge in [0.1, 0.15) is 0 Å². The van der Waals surface area contributed by atoms with Crippen LogP contribution in [0.1, 0.15) is 0 Å². The fraction of sp³-hybridized carbons (Fsp3) is 0. The van der Waals surface area contributed by atoms with E-state index in [1.807, 2.05) is 42.5 Å². The number of fused-ring (bicyclic) bond motifs is 1. The molecule has 3 rings (SSSR count). The van der Waals surface area contributed by atoms with Crippen molar-refractivity contribution in [2.75, 3.05) is 5.73 Å². The van der Waals surface area contributed by atoms with Crippen LogP contribution in [0.5, 0.6) is 0 Å². The quantitative estimate of drug-likeness (QED) is 0.749. The number of hydrogen-bond donors (Lipinski definition) is 1. The van der Waals surface area contributed by atoms with E-state index in [-0.39, 0.29) is 5.95 Å². The number of hydrogen-bond acceptors (Lipinski definition) is 3. The summed E-state index contributed by atoms with van der Waals surface area (Å²) in [4.78, 5) is 4.14. The van der Waals surface area contributed by atoms with E-state index in [4.69, 9.17) is 5.73 Å². The zero-order valence-electron chi connectivity index (χ0n) is 8.84. The molecule has 0 radical (unpaired) electrons. The van der Waals surface area contributed by atoms with Crippen molar-refractivity contribution in [2.24, 2.45) is 0 Å². The number of nitrogens with zero attached hydrogens (tertiary/aromatic N) is 3. The fourth-order valence-corrected chi connectivity index (χ4v) is 2.03. The molecule has 2 heterocycles. The molecule has 5 heteroatoms. The Kier molecular flexibility index (Phi) is 2.33. The van der Waals surface area contributed by atoms with Crippen molar-refractivity contribution in [3.63, 3.8) is 0 Å². The van der Waals surface area contributed by atoms with Gasteiger partial charge < -0.3 is 5.73 Å². The van der Waals surface area contributed by atoms with E-state index < -0.39 is 0 Å². The van der Waals surface area contributed by atoms with Gasteiger partial charge in [-0.3, -0.25) is 0 Å². The highest BCUT2D eigenvalue weighted by Gasteiger charge is 2.06. The lowest BCUT2D eigenvalue weighted by Crippen LogP contribution is -1.94. The Hall–Kier alpha value is -1.88. The Balaban J connectivity index is 2.26. The Morgan fingerprint density at radius 3 is 2.59 bits per heavy atom. The van der Waals surface area contributed by atoms with E-state index in [1.165, 1.54) is 0 Å². The Morgan fingerprint density at radius 1 is 1.06 bits per heavy atom. The summed E-state index contributed by atoms with van der Waals surface area (Å²) in [6.07, 6.45) is 0. The van der Waals surface area contributed by atoms with Crippen LogP contribution in [0, 0.1) is 0 Å². The number of aromatic nitrogens is 3. The summed E-state index contributed by atoms with van der Waals surface area (Å²) in [6.45, 7) is 0. The maximum Gasteiger partial charge on any atom is 0.240 e. The van der Waals surface area contributed by atoms with Gasteiger partial charge in [-0.05, 0) is 24.3 Å². The zero-order chi connectivity index (χ0) is 11.8. The molecule has 84 valence electrons. The van der Waals surface area contributed by atoms with Crippen LogP contribution in [0.4, 0.5) is 5.95 Å². The first-order valence-electron chi connectivity index (χ1n) is 5.11. The van der Waals surface area contributed by atoms with Gasteiger partial charge in [0.2, 0.25) is 5.95 Å². The topological polar surface area (TPSA) is 56.2 Å². The molecule has 0 amide bonds.